The first kappa shape index (κ1) is 6.84. The van der Waals surface area contributed by atoms with Crippen molar-refractivity contribution in [2.45, 2.75) is 0 Å². The summed E-state index contributed by atoms with van der Waals surface area (Å²) in [7, 11) is 0. The highest BCUT2D eigenvalue weighted by Crippen LogP contribution is 2.11. The minimum Gasteiger partial charge on any atom is -0.338 e. The third-order valence-electron chi connectivity index (χ3n) is 1.43. The molecule has 56 valence electrons. The number of hydrogen-bond donors (Lipinski definition) is 1. The van der Waals surface area contributed by atoms with Crippen molar-refractivity contribution in [3.8, 4) is 0 Å². The van der Waals surface area contributed by atoms with Crippen LogP contribution in [0.5, 0.6) is 0 Å². The number of fused-ring (bicyclic) bond motifs is 1. The van der Waals surface area contributed by atoms with Gasteiger partial charge in [-0.15, -0.1) is 0 Å². The summed E-state index contributed by atoms with van der Waals surface area (Å²) in [5.41, 5.74) is 1.73. The molecule has 2 heterocycles. The van der Waals surface area contributed by atoms with E-state index in [2.05, 4.69) is 32.6 Å². The Morgan fingerprint density at radius 1 is 1.45 bits per heavy atom. The molecule has 4 nitrogen and oxygen atoms in total. The monoisotopic (exact) mass is 260 g/mol. The number of nitrogens with two attached hydrogens (primary N) is 1. The van der Waals surface area contributed by atoms with Crippen LogP contribution in [0.15, 0.2) is 18.6 Å². The first-order valence-corrected chi connectivity index (χ1v) is 4.09. The number of pyridine rings is 1. The molecule has 2 rings (SSSR count). The van der Waals surface area contributed by atoms with E-state index in [9.17, 15) is 0 Å². The van der Waals surface area contributed by atoms with Gasteiger partial charge in [0, 0.05) is 0 Å². The molecular formula is C6H5IN4. The van der Waals surface area contributed by atoms with Gasteiger partial charge in [0.05, 0.1) is 11.7 Å². The average Bonchev–Trinajstić information content (AvgIpc) is 2.33. The number of hydrogen-bond acceptors (Lipinski definition) is 3. The lowest BCUT2D eigenvalue weighted by atomic mass is 10.4. The molecule has 0 bridgehead atoms. The van der Waals surface area contributed by atoms with Crippen molar-refractivity contribution in [1.82, 2.24) is 14.6 Å². The Labute approximate surface area is 76.5 Å². The molecule has 5 heteroatoms. The summed E-state index contributed by atoms with van der Waals surface area (Å²) in [4.78, 5) is 8.11. The van der Waals surface area contributed by atoms with Crippen LogP contribution in [-0.4, -0.2) is 14.6 Å². The summed E-state index contributed by atoms with van der Waals surface area (Å²) >= 11 is 2.13. The Kier molecular flexibility index (Phi) is 1.45. The van der Waals surface area contributed by atoms with E-state index in [1.54, 1.807) is 12.5 Å². The highest BCUT2D eigenvalue weighted by Gasteiger charge is 1.99. The van der Waals surface area contributed by atoms with Crippen molar-refractivity contribution in [3.05, 3.63) is 22.3 Å². The van der Waals surface area contributed by atoms with Crippen LogP contribution in [0.4, 0.5) is 0 Å². The average molecular weight is 260 g/mol. The standard InChI is InChI=1S/C6H5IN4/c7-6-1-5-4(2-9-6)10-3-11(5)8/h1-3H,8H2. The minimum absolute atomic E-state index is 0.827. The van der Waals surface area contributed by atoms with Gasteiger partial charge in [-0.05, 0) is 28.7 Å². The summed E-state index contributed by atoms with van der Waals surface area (Å²) in [6.07, 6.45) is 3.28. The molecular weight excluding hydrogens is 255 g/mol. The second kappa shape index (κ2) is 2.33. The molecule has 0 aliphatic carbocycles. The number of nitrogens with zero attached hydrogens (tertiary/aromatic N) is 3. The summed E-state index contributed by atoms with van der Waals surface area (Å²) in [6, 6.07) is 1.89. The Balaban J connectivity index is 2.87. The Hall–Kier alpha value is -0.850. The third-order valence-corrected chi connectivity index (χ3v) is 2.02. The molecule has 2 aromatic heterocycles. The largest absolute Gasteiger partial charge is 0.338 e. The smallest absolute Gasteiger partial charge is 0.115 e. The van der Waals surface area contributed by atoms with E-state index in [1.165, 1.54) is 4.68 Å². The first-order chi connectivity index (χ1) is 5.27. The Morgan fingerprint density at radius 2 is 2.27 bits per heavy atom. The van der Waals surface area contributed by atoms with Crippen molar-refractivity contribution in [2.24, 2.45) is 0 Å². The second-order valence-corrected chi connectivity index (χ2v) is 3.25. The summed E-state index contributed by atoms with van der Waals surface area (Å²) in [5, 5.41) is 0. The molecule has 11 heavy (non-hydrogen) atoms. The zero-order valence-electron chi connectivity index (χ0n) is 5.53. The maximum atomic E-state index is 5.57. The van der Waals surface area contributed by atoms with Gasteiger partial charge in [-0.25, -0.2) is 14.6 Å². The van der Waals surface area contributed by atoms with E-state index in [0.717, 1.165) is 14.7 Å². The fraction of sp³-hybridized carbons (Fsp3) is 0. The van der Waals surface area contributed by atoms with Crippen molar-refractivity contribution < 1.29 is 0 Å². The SMILES string of the molecule is Nn1cnc2cnc(I)cc21. The first-order valence-electron chi connectivity index (χ1n) is 3.01. The quantitative estimate of drug-likeness (QED) is 0.432. The van der Waals surface area contributed by atoms with Crippen LogP contribution >= 0.6 is 22.6 Å². The molecule has 0 unspecified atom stereocenters. The van der Waals surface area contributed by atoms with Gasteiger partial charge in [-0.3, -0.25) is 0 Å². The topological polar surface area (TPSA) is 56.7 Å². The van der Waals surface area contributed by atoms with E-state index in [1.807, 2.05) is 6.07 Å². The molecule has 0 fully saturated rings. The molecule has 0 atom stereocenters. The van der Waals surface area contributed by atoms with E-state index in [4.69, 9.17) is 5.84 Å². The van der Waals surface area contributed by atoms with E-state index in [0.29, 0.717) is 0 Å². The van der Waals surface area contributed by atoms with Crippen molar-refractivity contribution in [3.63, 3.8) is 0 Å². The predicted molar refractivity (Wildman–Crippen MR) is 50.4 cm³/mol. The molecule has 0 amide bonds. The molecule has 0 aliphatic heterocycles. The summed E-state index contributed by atoms with van der Waals surface area (Å²) in [5.74, 6) is 5.57. The fourth-order valence-electron chi connectivity index (χ4n) is 0.906. The van der Waals surface area contributed by atoms with Gasteiger partial charge in [-0.2, -0.15) is 0 Å². The lowest BCUT2D eigenvalue weighted by molar-refractivity contribution is 1.04. The Morgan fingerprint density at radius 3 is 3.09 bits per heavy atom. The number of imidazole rings is 1. The summed E-state index contributed by atoms with van der Waals surface area (Å²) in [6.45, 7) is 0. The lowest BCUT2D eigenvalue weighted by Crippen LogP contribution is -2.05. The van der Waals surface area contributed by atoms with Gasteiger partial charge in [0.25, 0.3) is 0 Å². The number of aromatic nitrogens is 3. The zero-order valence-corrected chi connectivity index (χ0v) is 7.69. The molecule has 0 radical (unpaired) electrons. The van der Waals surface area contributed by atoms with Gasteiger partial charge in [0.2, 0.25) is 0 Å². The fourth-order valence-corrected chi connectivity index (χ4v) is 1.34. The van der Waals surface area contributed by atoms with Crippen LogP contribution in [0.25, 0.3) is 11.0 Å². The number of halogens is 1. The van der Waals surface area contributed by atoms with Gasteiger partial charge in [0.15, 0.2) is 0 Å². The number of nitrogen functional groups attached to an aromatic ring is 1. The minimum atomic E-state index is 0.827. The molecule has 0 saturated carbocycles. The second-order valence-electron chi connectivity index (χ2n) is 2.15. The zero-order chi connectivity index (χ0) is 7.84. The van der Waals surface area contributed by atoms with Crippen LogP contribution in [-0.2, 0) is 0 Å². The molecule has 2 N–H and O–H groups in total. The predicted octanol–water partition coefficient (Wildman–Crippen LogP) is 0.750. The van der Waals surface area contributed by atoms with Crippen LogP contribution in [0.3, 0.4) is 0 Å². The molecule has 0 aliphatic rings. The highest BCUT2D eigenvalue weighted by molar-refractivity contribution is 14.1. The van der Waals surface area contributed by atoms with Gasteiger partial charge in [-0.1, -0.05) is 0 Å². The van der Waals surface area contributed by atoms with E-state index in [-0.39, 0.29) is 0 Å². The Bertz CT molecular complexity index is 394. The van der Waals surface area contributed by atoms with E-state index < -0.39 is 0 Å². The van der Waals surface area contributed by atoms with Crippen LogP contribution < -0.4 is 5.84 Å². The van der Waals surface area contributed by atoms with Crippen LogP contribution in [0, 0.1) is 3.70 Å². The normalized spacial score (nSPS) is 10.6. The molecule has 2 aromatic rings. The van der Waals surface area contributed by atoms with Gasteiger partial charge >= 0.3 is 0 Å². The maximum absolute atomic E-state index is 5.57. The van der Waals surface area contributed by atoms with Crippen molar-refractivity contribution in [2.75, 3.05) is 5.84 Å². The van der Waals surface area contributed by atoms with Crippen molar-refractivity contribution in [1.29, 1.82) is 0 Å². The van der Waals surface area contributed by atoms with Gasteiger partial charge in [0.1, 0.15) is 15.5 Å². The third kappa shape index (κ3) is 1.05. The van der Waals surface area contributed by atoms with Crippen LogP contribution in [0.1, 0.15) is 0 Å². The van der Waals surface area contributed by atoms with Crippen molar-refractivity contribution >= 4 is 33.6 Å². The number of rotatable bonds is 0. The summed E-state index contributed by atoms with van der Waals surface area (Å²) < 4.78 is 2.40. The molecule has 0 saturated heterocycles. The van der Waals surface area contributed by atoms with E-state index >= 15 is 0 Å². The molecule has 0 aromatic carbocycles. The van der Waals surface area contributed by atoms with Crippen LogP contribution in [0.2, 0.25) is 0 Å². The maximum Gasteiger partial charge on any atom is 0.115 e. The van der Waals surface area contributed by atoms with Gasteiger partial charge < -0.3 is 5.84 Å². The lowest BCUT2D eigenvalue weighted by Gasteiger charge is -1.93. The molecule has 0 spiro atoms. The highest BCUT2D eigenvalue weighted by atomic mass is 127.